The third kappa shape index (κ3) is 3.74. The molecule has 2 aliphatic rings. The number of halogens is 3. The SMILES string of the molecule is O=C(OCc1ccccc1)N1CCC2CC1c1c(-c3ccc(C(F)(F)F)cc3)cccc12. The maximum atomic E-state index is 13.0. The van der Waals surface area contributed by atoms with Crippen LogP contribution in [0.4, 0.5) is 18.0 Å². The molecule has 2 unspecified atom stereocenters. The molecule has 0 saturated carbocycles. The number of amides is 1. The van der Waals surface area contributed by atoms with E-state index in [1.807, 2.05) is 42.5 Å². The zero-order valence-corrected chi connectivity index (χ0v) is 17.3. The van der Waals surface area contributed by atoms with Crippen LogP contribution in [-0.4, -0.2) is 17.5 Å². The summed E-state index contributed by atoms with van der Waals surface area (Å²) in [5.41, 5.74) is 4.08. The summed E-state index contributed by atoms with van der Waals surface area (Å²) in [5.74, 6) is 0.350. The molecule has 0 spiro atoms. The Labute approximate surface area is 184 Å². The maximum Gasteiger partial charge on any atom is 0.416 e. The summed E-state index contributed by atoms with van der Waals surface area (Å²) in [7, 11) is 0. The predicted octanol–water partition coefficient (Wildman–Crippen LogP) is 6.94. The standard InChI is InChI=1S/C26H22F3NO2/c27-26(28,29)20-11-9-18(10-12-20)21-7-4-8-22-19-13-14-30(23(15-19)24(21)22)25(31)32-16-17-5-2-1-3-6-17/h1-12,19,23H,13-16H2. The molecule has 3 aromatic carbocycles. The molecule has 3 aromatic rings. The molecule has 6 heteroatoms. The molecule has 0 radical (unpaired) electrons. The van der Waals surface area contributed by atoms with E-state index in [1.54, 1.807) is 4.90 Å². The van der Waals surface area contributed by atoms with Crippen molar-refractivity contribution in [1.82, 2.24) is 4.90 Å². The number of fused-ring (bicyclic) bond motifs is 5. The van der Waals surface area contributed by atoms with Gasteiger partial charge in [-0.15, -0.1) is 0 Å². The van der Waals surface area contributed by atoms with Crippen molar-refractivity contribution in [1.29, 1.82) is 0 Å². The van der Waals surface area contributed by atoms with Crippen molar-refractivity contribution in [2.45, 2.75) is 37.6 Å². The van der Waals surface area contributed by atoms with Crippen LogP contribution in [0.3, 0.4) is 0 Å². The summed E-state index contributed by atoms with van der Waals surface area (Å²) in [6.07, 6.45) is -3.06. The lowest BCUT2D eigenvalue weighted by molar-refractivity contribution is -0.137. The van der Waals surface area contributed by atoms with Crippen molar-refractivity contribution in [3.63, 3.8) is 0 Å². The molecule has 3 nitrogen and oxygen atoms in total. The zero-order chi connectivity index (χ0) is 22.3. The van der Waals surface area contributed by atoms with E-state index < -0.39 is 11.7 Å². The van der Waals surface area contributed by atoms with Gasteiger partial charge in [-0.3, -0.25) is 0 Å². The first-order chi connectivity index (χ1) is 15.4. The zero-order valence-electron chi connectivity index (χ0n) is 17.3. The Balaban J connectivity index is 1.43. The number of ether oxygens (including phenoxy) is 1. The number of nitrogens with zero attached hydrogens (tertiary/aromatic N) is 1. The molecule has 2 atom stereocenters. The molecule has 2 bridgehead atoms. The fraction of sp³-hybridized carbons (Fsp3) is 0.269. The quantitative estimate of drug-likeness (QED) is 0.444. The Bertz CT molecular complexity index is 1130. The van der Waals surface area contributed by atoms with E-state index in [0.717, 1.165) is 47.2 Å². The molecule has 1 fully saturated rings. The number of alkyl halides is 3. The molecular weight excluding hydrogens is 415 g/mol. The van der Waals surface area contributed by atoms with Gasteiger partial charge in [0.25, 0.3) is 0 Å². The third-order valence-corrected chi connectivity index (χ3v) is 6.48. The smallest absolute Gasteiger partial charge is 0.416 e. The largest absolute Gasteiger partial charge is 0.445 e. The fourth-order valence-corrected chi connectivity index (χ4v) is 4.94. The van der Waals surface area contributed by atoms with E-state index in [-0.39, 0.29) is 18.7 Å². The van der Waals surface area contributed by atoms with Gasteiger partial charge < -0.3 is 9.64 Å². The van der Waals surface area contributed by atoms with E-state index in [4.69, 9.17) is 4.74 Å². The van der Waals surface area contributed by atoms with Gasteiger partial charge in [-0.2, -0.15) is 13.2 Å². The minimum atomic E-state index is -4.37. The normalized spacial score (nSPS) is 19.5. The lowest BCUT2D eigenvalue weighted by atomic mass is 9.93. The van der Waals surface area contributed by atoms with Gasteiger partial charge in [0.15, 0.2) is 0 Å². The van der Waals surface area contributed by atoms with Crippen LogP contribution in [0.2, 0.25) is 0 Å². The summed E-state index contributed by atoms with van der Waals surface area (Å²) in [5, 5.41) is 0. The number of hydrogen-bond donors (Lipinski definition) is 0. The molecule has 0 aromatic heterocycles. The van der Waals surface area contributed by atoms with Crippen LogP contribution >= 0.6 is 0 Å². The highest BCUT2D eigenvalue weighted by Gasteiger charge is 2.42. The number of carbonyl (C=O) groups is 1. The van der Waals surface area contributed by atoms with E-state index in [2.05, 4.69) is 6.07 Å². The van der Waals surface area contributed by atoms with Gasteiger partial charge in [-0.1, -0.05) is 60.7 Å². The first-order valence-electron chi connectivity index (χ1n) is 10.7. The van der Waals surface area contributed by atoms with Crippen LogP contribution in [0, 0.1) is 0 Å². The van der Waals surface area contributed by atoms with Crippen molar-refractivity contribution in [2.24, 2.45) is 0 Å². The van der Waals surface area contributed by atoms with Crippen molar-refractivity contribution in [2.75, 3.05) is 6.54 Å². The number of likely N-dealkylation sites (tertiary alicyclic amines) is 1. The number of piperidine rings is 1. The highest BCUT2D eigenvalue weighted by atomic mass is 19.4. The Kier molecular flexibility index (Phi) is 5.16. The number of benzene rings is 3. The summed E-state index contributed by atoms with van der Waals surface area (Å²) >= 11 is 0. The van der Waals surface area contributed by atoms with Gasteiger partial charge >= 0.3 is 12.3 Å². The average Bonchev–Trinajstić information content (AvgIpc) is 3.10. The van der Waals surface area contributed by atoms with Crippen molar-refractivity contribution in [3.05, 3.63) is 95.1 Å². The molecular formula is C26H22F3NO2. The minimum Gasteiger partial charge on any atom is -0.445 e. The van der Waals surface area contributed by atoms with Gasteiger partial charge in [-0.05, 0) is 58.7 Å². The maximum absolute atomic E-state index is 13.0. The van der Waals surface area contributed by atoms with E-state index >= 15 is 0 Å². The van der Waals surface area contributed by atoms with Crippen molar-refractivity contribution >= 4 is 6.09 Å². The number of hydrogen-bond acceptors (Lipinski definition) is 2. The van der Waals surface area contributed by atoms with Gasteiger partial charge in [0, 0.05) is 6.54 Å². The molecule has 164 valence electrons. The molecule has 1 aliphatic carbocycles. The van der Waals surface area contributed by atoms with Crippen LogP contribution in [0.1, 0.15) is 47.1 Å². The second-order valence-electron chi connectivity index (χ2n) is 8.35. The van der Waals surface area contributed by atoms with E-state index in [0.29, 0.717) is 12.5 Å². The summed E-state index contributed by atoms with van der Waals surface area (Å²) in [6, 6.07) is 20.6. The lowest BCUT2D eigenvalue weighted by Crippen LogP contribution is -2.38. The second kappa shape index (κ2) is 8.01. The summed E-state index contributed by atoms with van der Waals surface area (Å²) in [4.78, 5) is 14.7. The predicted molar refractivity (Wildman–Crippen MR) is 115 cm³/mol. The Morgan fingerprint density at radius 1 is 0.969 bits per heavy atom. The van der Waals surface area contributed by atoms with Gasteiger partial charge in [0.1, 0.15) is 6.61 Å². The average molecular weight is 437 g/mol. The molecule has 5 rings (SSSR count). The van der Waals surface area contributed by atoms with E-state index in [9.17, 15) is 18.0 Å². The summed E-state index contributed by atoms with van der Waals surface area (Å²) in [6.45, 7) is 0.809. The number of carbonyl (C=O) groups excluding carboxylic acids is 1. The minimum absolute atomic E-state index is 0.134. The van der Waals surface area contributed by atoms with Crippen molar-refractivity contribution < 1.29 is 22.7 Å². The van der Waals surface area contributed by atoms with Crippen LogP contribution < -0.4 is 0 Å². The van der Waals surface area contributed by atoms with Crippen LogP contribution in [0.5, 0.6) is 0 Å². The van der Waals surface area contributed by atoms with Crippen LogP contribution in [-0.2, 0) is 17.5 Å². The third-order valence-electron chi connectivity index (χ3n) is 6.48. The Morgan fingerprint density at radius 3 is 2.44 bits per heavy atom. The monoisotopic (exact) mass is 437 g/mol. The molecule has 0 N–H and O–H groups in total. The molecule has 1 aliphatic heterocycles. The fourth-order valence-electron chi connectivity index (χ4n) is 4.94. The molecule has 1 heterocycles. The van der Waals surface area contributed by atoms with Gasteiger partial charge in [0.05, 0.1) is 11.6 Å². The van der Waals surface area contributed by atoms with Gasteiger partial charge in [0.2, 0.25) is 0 Å². The topological polar surface area (TPSA) is 29.5 Å². The highest BCUT2D eigenvalue weighted by molar-refractivity contribution is 5.75. The lowest BCUT2D eigenvalue weighted by Gasteiger charge is -2.33. The molecule has 1 saturated heterocycles. The molecule has 32 heavy (non-hydrogen) atoms. The Morgan fingerprint density at radius 2 is 1.72 bits per heavy atom. The summed E-state index contributed by atoms with van der Waals surface area (Å²) < 4.78 is 44.6. The first kappa shape index (κ1) is 20.6. The Hall–Kier alpha value is -3.28. The first-order valence-corrected chi connectivity index (χ1v) is 10.7. The number of rotatable bonds is 3. The highest BCUT2D eigenvalue weighted by Crippen LogP contribution is 2.52. The van der Waals surface area contributed by atoms with Crippen LogP contribution in [0.15, 0.2) is 72.8 Å². The van der Waals surface area contributed by atoms with E-state index in [1.165, 1.54) is 17.7 Å². The van der Waals surface area contributed by atoms with Gasteiger partial charge in [-0.25, -0.2) is 4.79 Å². The van der Waals surface area contributed by atoms with Crippen LogP contribution in [0.25, 0.3) is 11.1 Å². The second-order valence-corrected chi connectivity index (χ2v) is 8.35. The molecule has 1 amide bonds. The van der Waals surface area contributed by atoms with Crippen molar-refractivity contribution in [3.8, 4) is 11.1 Å².